The first-order chi connectivity index (χ1) is 19.1. The Kier molecular flexibility index (Phi) is 9.57. The third-order valence-electron chi connectivity index (χ3n) is 7.30. The van der Waals surface area contributed by atoms with Gasteiger partial charge in [-0.25, -0.2) is 0 Å². The number of halogens is 3. The molecular weight excluding hydrogens is 521 g/mol. The van der Waals surface area contributed by atoms with Crippen LogP contribution in [-0.2, 0) is 28.2 Å². The molecule has 10 heteroatoms. The van der Waals surface area contributed by atoms with E-state index in [4.69, 9.17) is 10.5 Å². The first-order valence-electron chi connectivity index (χ1n) is 13.3. The summed E-state index contributed by atoms with van der Waals surface area (Å²) in [7, 11) is 0. The molecule has 0 saturated carbocycles. The van der Waals surface area contributed by atoms with Crippen LogP contribution >= 0.6 is 0 Å². The third-order valence-corrected chi connectivity index (χ3v) is 7.30. The summed E-state index contributed by atoms with van der Waals surface area (Å²) < 4.78 is 44.7. The normalized spacial score (nSPS) is 18.3. The number of aliphatic hydroxyl groups is 1. The highest BCUT2D eigenvalue weighted by Crippen LogP contribution is 2.39. The molecule has 1 aromatic heterocycles. The number of pyridine rings is 1. The number of rotatable bonds is 10. The highest BCUT2D eigenvalue weighted by Gasteiger charge is 2.51. The van der Waals surface area contributed by atoms with Crippen LogP contribution in [0.4, 0.5) is 13.2 Å². The van der Waals surface area contributed by atoms with Crippen molar-refractivity contribution < 1.29 is 27.8 Å². The lowest BCUT2D eigenvalue weighted by molar-refractivity contribution is -0.258. The predicted molar refractivity (Wildman–Crippen MR) is 146 cm³/mol. The van der Waals surface area contributed by atoms with Crippen molar-refractivity contribution >= 4 is 5.97 Å². The SMILES string of the molecule is CC(O)(c1ccc(-c2ccc(CN3CCN(Cc4ccncc4)C(CC(=O)OCCN)C3)cc2)cc1)C(F)(F)F. The van der Waals surface area contributed by atoms with Gasteiger partial charge < -0.3 is 15.6 Å². The van der Waals surface area contributed by atoms with Crippen molar-refractivity contribution in [2.24, 2.45) is 5.73 Å². The van der Waals surface area contributed by atoms with Crippen LogP contribution in [0.2, 0.25) is 0 Å². The number of hydrogen-bond acceptors (Lipinski definition) is 7. The molecule has 2 unspecified atom stereocenters. The van der Waals surface area contributed by atoms with E-state index >= 15 is 0 Å². The molecule has 3 N–H and O–H groups in total. The highest BCUT2D eigenvalue weighted by molar-refractivity contribution is 5.70. The van der Waals surface area contributed by atoms with Gasteiger partial charge in [0.1, 0.15) is 6.61 Å². The maximum atomic E-state index is 13.1. The van der Waals surface area contributed by atoms with Gasteiger partial charge in [0, 0.05) is 57.7 Å². The fourth-order valence-corrected chi connectivity index (χ4v) is 4.86. The van der Waals surface area contributed by atoms with Gasteiger partial charge in [0.05, 0.1) is 6.42 Å². The molecule has 4 rings (SSSR count). The molecular formula is C30H35F3N4O3. The fraction of sp³-hybridized carbons (Fsp3) is 0.400. The van der Waals surface area contributed by atoms with E-state index in [0.717, 1.165) is 48.8 Å². The Labute approximate surface area is 232 Å². The Balaban J connectivity index is 1.40. The molecule has 0 amide bonds. The van der Waals surface area contributed by atoms with Crippen molar-refractivity contribution in [2.45, 2.75) is 44.3 Å². The number of hydrogen-bond donors (Lipinski definition) is 2. The molecule has 2 atom stereocenters. The summed E-state index contributed by atoms with van der Waals surface area (Å²) >= 11 is 0. The number of piperazine rings is 1. The van der Waals surface area contributed by atoms with Gasteiger partial charge in [-0.05, 0) is 46.9 Å². The smallest absolute Gasteiger partial charge is 0.421 e. The molecule has 0 bridgehead atoms. The maximum absolute atomic E-state index is 13.1. The number of alkyl halides is 3. The van der Waals surface area contributed by atoms with Gasteiger partial charge in [-0.3, -0.25) is 19.6 Å². The van der Waals surface area contributed by atoms with Crippen LogP contribution in [0.15, 0.2) is 73.1 Å². The number of carbonyl (C=O) groups excluding carboxylic acids is 1. The molecule has 214 valence electrons. The number of ether oxygens (including phenoxy) is 1. The molecule has 1 fully saturated rings. The van der Waals surface area contributed by atoms with Gasteiger partial charge in [0.25, 0.3) is 0 Å². The largest absolute Gasteiger partial charge is 0.464 e. The molecule has 1 aliphatic rings. The second-order valence-corrected chi connectivity index (χ2v) is 10.3. The summed E-state index contributed by atoms with van der Waals surface area (Å²) in [6, 6.07) is 17.6. The average molecular weight is 557 g/mol. The molecule has 1 saturated heterocycles. The van der Waals surface area contributed by atoms with Crippen molar-refractivity contribution in [2.75, 3.05) is 32.8 Å². The van der Waals surface area contributed by atoms with E-state index in [1.165, 1.54) is 12.1 Å². The molecule has 0 spiro atoms. The van der Waals surface area contributed by atoms with Crippen molar-refractivity contribution in [1.29, 1.82) is 0 Å². The standard InChI is InChI=1S/C30H35F3N4O3/c1-29(39,30(31,32)33)26-8-6-25(7-9-26)24-4-2-22(3-5-24)19-36-15-16-37(20-23-10-13-35-14-11-23)27(21-36)18-28(38)40-17-12-34/h2-11,13-14,27,39H,12,15-21,34H2,1H3. The molecule has 2 aromatic carbocycles. The van der Waals surface area contributed by atoms with Gasteiger partial charge in [0.15, 0.2) is 5.60 Å². The lowest BCUT2D eigenvalue weighted by atomic mass is 9.93. The van der Waals surface area contributed by atoms with E-state index < -0.39 is 11.8 Å². The van der Waals surface area contributed by atoms with Crippen molar-refractivity contribution in [3.63, 3.8) is 0 Å². The van der Waals surface area contributed by atoms with E-state index in [-0.39, 0.29) is 37.1 Å². The monoisotopic (exact) mass is 556 g/mol. The number of esters is 1. The minimum atomic E-state index is -4.76. The summed E-state index contributed by atoms with van der Waals surface area (Å²) in [5, 5.41) is 9.91. The predicted octanol–water partition coefficient (Wildman–Crippen LogP) is 4.10. The first kappa shape index (κ1) is 29.7. The topological polar surface area (TPSA) is 91.9 Å². The van der Waals surface area contributed by atoms with Crippen LogP contribution in [0.3, 0.4) is 0 Å². The molecule has 0 aliphatic carbocycles. The molecule has 0 radical (unpaired) electrons. The van der Waals surface area contributed by atoms with E-state index in [1.54, 1.807) is 24.5 Å². The van der Waals surface area contributed by atoms with Gasteiger partial charge >= 0.3 is 12.1 Å². The number of aromatic nitrogens is 1. The zero-order valence-corrected chi connectivity index (χ0v) is 22.5. The average Bonchev–Trinajstić information content (AvgIpc) is 2.94. The lowest BCUT2D eigenvalue weighted by Gasteiger charge is -2.41. The van der Waals surface area contributed by atoms with Crippen molar-refractivity contribution in [1.82, 2.24) is 14.8 Å². The first-order valence-corrected chi connectivity index (χ1v) is 13.3. The molecule has 40 heavy (non-hydrogen) atoms. The fourth-order valence-electron chi connectivity index (χ4n) is 4.86. The van der Waals surface area contributed by atoms with E-state index in [1.807, 2.05) is 36.4 Å². The Morgan fingerprint density at radius 2 is 1.57 bits per heavy atom. The maximum Gasteiger partial charge on any atom is 0.421 e. The number of nitrogens with zero attached hydrogens (tertiary/aromatic N) is 3. The minimum Gasteiger partial charge on any atom is -0.464 e. The van der Waals surface area contributed by atoms with Crippen LogP contribution < -0.4 is 5.73 Å². The zero-order chi connectivity index (χ0) is 28.8. The Morgan fingerprint density at radius 3 is 2.17 bits per heavy atom. The molecule has 3 aromatic rings. The second kappa shape index (κ2) is 12.9. The molecule has 1 aliphatic heterocycles. The van der Waals surface area contributed by atoms with Gasteiger partial charge in [-0.1, -0.05) is 48.5 Å². The van der Waals surface area contributed by atoms with Crippen LogP contribution in [0.1, 0.15) is 30.0 Å². The zero-order valence-electron chi connectivity index (χ0n) is 22.5. The van der Waals surface area contributed by atoms with Gasteiger partial charge in [-0.2, -0.15) is 13.2 Å². The van der Waals surface area contributed by atoms with Gasteiger partial charge in [-0.15, -0.1) is 0 Å². The summed E-state index contributed by atoms with van der Waals surface area (Å²) in [6.07, 6.45) is -0.956. The van der Waals surface area contributed by atoms with Crippen molar-refractivity contribution in [3.05, 3.63) is 89.7 Å². The van der Waals surface area contributed by atoms with Crippen LogP contribution in [0.5, 0.6) is 0 Å². The minimum absolute atomic E-state index is 0.0149. The third kappa shape index (κ3) is 7.45. The molecule has 2 heterocycles. The lowest BCUT2D eigenvalue weighted by Crippen LogP contribution is -2.53. The number of benzene rings is 2. The van der Waals surface area contributed by atoms with Crippen LogP contribution in [0.25, 0.3) is 11.1 Å². The van der Waals surface area contributed by atoms with Crippen LogP contribution in [0, 0.1) is 0 Å². The quantitative estimate of drug-likeness (QED) is 0.364. The van der Waals surface area contributed by atoms with Gasteiger partial charge in [0.2, 0.25) is 0 Å². The Bertz CT molecular complexity index is 1240. The summed E-state index contributed by atoms with van der Waals surface area (Å²) in [5.74, 6) is -0.260. The highest BCUT2D eigenvalue weighted by atomic mass is 19.4. The molecule has 7 nitrogen and oxygen atoms in total. The summed E-state index contributed by atoms with van der Waals surface area (Å²) in [4.78, 5) is 21.1. The second-order valence-electron chi connectivity index (χ2n) is 10.3. The Morgan fingerprint density at radius 1 is 0.975 bits per heavy atom. The Hall–Kier alpha value is -3.31. The summed E-state index contributed by atoms with van der Waals surface area (Å²) in [5.41, 5.74) is 6.22. The number of nitrogens with two attached hydrogens (primary N) is 1. The van der Waals surface area contributed by atoms with Crippen LogP contribution in [-0.4, -0.2) is 70.9 Å². The number of carbonyl (C=O) groups is 1. The summed E-state index contributed by atoms with van der Waals surface area (Å²) in [6.45, 7) is 5.00. The van der Waals surface area contributed by atoms with E-state index in [9.17, 15) is 23.1 Å². The van der Waals surface area contributed by atoms with Crippen molar-refractivity contribution in [3.8, 4) is 11.1 Å². The van der Waals surface area contributed by atoms with E-state index in [2.05, 4.69) is 14.8 Å². The van der Waals surface area contributed by atoms with E-state index in [0.29, 0.717) is 13.1 Å².